The fourth-order valence-electron chi connectivity index (χ4n) is 0.869. The number of rotatable bonds is 2. The van der Waals surface area contributed by atoms with Crippen LogP contribution in [0.4, 0.5) is 5.69 Å². The lowest BCUT2D eigenvalue weighted by atomic mass is 10.3. The number of anilines is 1. The molecule has 0 heterocycles. The summed E-state index contributed by atoms with van der Waals surface area (Å²) in [6.45, 7) is 3.96. The van der Waals surface area contributed by atoms with Crippen molar-refractivity contribution in [2.24, 2.45) is 0 Å². The Labute approximate surface area is 78.1 Å². The summed E-state index contributed by atoms with van der Waals surface area (Å²) in [4.78, 5) is 0.758. The van der Waals surface area contributed by atoms with Crippen LogP contribution in [0.15, 0.2) is 23.1 Å². The Balaban J connectivity index is 2.82. The van der Waals surface area contributed by atoms with Crippen LogP contribution in [0.2, 0.25) is 0 Å². The molecule has 0 amide bonds. The van der Waals surface area contributed by atoms with Crippen LogP contribution in [-0.4, -0.2) is 6.10 Å². The van der Waals surface area contributed by atoms with Crippen LogP contribution in [0.3, 0.4) is 0 Å². The highest BCUT2D eigenvalue weighted by molar-refractivity contribution is 7.80. The van der Waals surface area contributed by atoms with E-state index in [9.17, 15) is 0 Å². The molecule has 0 unspecified atom stereocenters. The summed E-state index contributed by atoms with van der Waals surface area (Å²) in [6, 6.07) is 5.45. The van der Waals surface area contributed by atoms with Crippen molar-refractivity contribution in [3.05, 3.63) is 18.2 Å². The Morgan fingerprint density at radius 1 is 1.42 bits per heavy atom. The second-order valence-corrected chi connectivity index (χ2v) is 3.37. The second-order valence-electron chi connectivity index (χ2n) is 2.89. The molecule has 1 aromatic carbocycles. The minimum atomic E-state index is 0.182. The van der Waals surface area contributed by atoms with Gasteiger partial charge in [0.05, 0.1) is 6.10 Å². The summed E-state index contributed by atoms with van der Waals surface area (Å²) < 4.78 is 5.45. The number of benzene rings is 1. The maximum Gasteiger partial charge on any atom is 0.120 e. The number of nitrogen functional groups attached to an aromatic ring is 1. The van der Waals surface area contributed by atoms with Crippen molar-refractivity contribution in [2.45, 2.75) is 24.8 Å². The predicted octanol–water partition coefficient (Wildman–Crippen LogP) is 2.34. The van der Waals surface area contributed by atoms with Gasteiger partial charge in [-0.25, -0.2) is 0 Å². The number of hydrogen-bond donors (Lipinski definition) is 2. The third-order valence-electron chi connectivity index (χ3n) is 1.37. The van der Waals surface area contributed by atoms with Crippen molar-refractivity contribution in [3.63, 3.8) is 0 Å². The van der Waals surface area contributed by atoms with Crippen LogP contribution in [0.5, 0.6) is 5.75 Å². The van der Waals surface area contributed by atoms with Gasteiger partial charge in [0.15, 0.2) is 0 Å². The quantitative estimate of drug-likeness (QED) is 0.545. The molecule has 1 rings (SSSR count). The third-order valence-corrected chi connectivity index (χ3v) is 1.76. The Bertz CT molecular complexity index is 273. The van der Waals surface area contributed by atoms with Gasteiger partial charge in [0, 0.05) is 10.6 Å². The number of ether oxygens (including phenoxy) is 1. The van der Waals surface area contributed by atoms with Crippen molar-refractivity contribution < 1.29 is 4.74 Å². The largest absolute Gasteiger partial charge is 0.491 e. The zero-order valence-electron chi connectivity index (χ0n) is 7.24. The van der Waals surface area contributed by atoms with Crippen LogP contribution >= 0.6 is 12.6 Å². The van der Waals surface area contributed by atoms with Crippen LogP contribution in [0.1, 0.15) is 13.8 Å². The molecule has 0 aromatic heterocycles. The van der Waals surface area contributed by atoms with E-state index in [0.29, 0.717) is 5.69 Å². The molecule has 2 N–H and O–H groups in total. The molecule has 12 heavy (non-hydrogen) atoms. The lowest BCUT2D eigenvalue weighted by Crippen LogP contribution is -2.05. The number of hydrogen-bond acceptors (Lipinski definition) is 3. The highest BCUT2D eigenvalue weighted by Crippen LogP contribution is 2.23. The molecule has 3 heteroatoms. The van der Waals surface area contributed by atoms with E-state index in [1.54, 1.807) is 6.07 Å². The van der Waals surface area contributed by atoms with E-state index in [2.05, 4.69) is 12.6 Å². The predicted molar refractivity (Wildman–Crippen MR) is 53.9 cm³/mol. The van der Waals surface area contributed by atoms with Gasteiger partial charge in [-0.05, 0) is 32.0 Å². The Morgan fingerprint density at radius 2 is 2.08 bits per heavy atom. The normalized spacial score (nSPS) is 10.3. The van der Waals surface area contributed by atoms with Gasteiger partial charge in [0.1, 0.15) is 5.75 Å². The summed E-state index contributed by atoms with van der Waals surface area (Å²) in [5, 5.41) is 0. The number of thiol groups is 1. The van der Waals surface area contributed by atoms with E-state index in [4.69, 9.17) is 10.5 Å². The second kappa shape index (κ2) is 3.72. The van der Waals surface area contributed by atoms with E-state index in [0.717, 1.165) is 10.6 Å². The van der Waals surface area contributed by atoms with Crippen LogP contribution < -0.4 is 10.5 Å². The van der Waals surface area contributed by atoms with E-state index in [1.807, 2.05) is 26.0 Å². The Kier molecular flexibility index (Phi) is 2.87. The molecular formula is C9H13NOS. The average Bonchev–Trinajstić information content (AvgIpc) is 1.96. The molecule has 0 fully saturated rings. The van der Waals surface area contributed by atoms with Gasteiger partial charge in [0.2, 0.25) is 0 Å². The van der Waals surface area contributed by atoms with Crippen LogP contribution in [0.25, 0.3) is 0 Å². The first-order valence-electron chi connectivity index (χ1n) is 3.84. The highest BCUT2D eigenvalue weighted by atomic mass is 32.1. The topological polar surface area (TPSA) is 35.2 Å². The molecule has 1 aromatic rings. The Morgan fingerprint density at radius 3 is 2.58 bits per heavy atom. The average molecular weight is 183 g/mol. The minimum Gasteiger partial charge on any atom is -0.491 e. The molecule has 0 spiro atoms. The lowest BCUT2D eigenvalue weighted by molar-refractivity contribution is 0.242. The molecule has 0 saturated heterocycles. The van der Waals surface area contributed by atoms with Gasteiger partial charge < -0.3 is 10.5 Å². The molecule has 0 aliphatic rings. The van der Waals surface area contributed by atoms with Gasteiger partial charge in [-0.15, -0.1) is 12.6 Å². The van der Waals surface area contributed by atoms with Gasteiger partial charge in [0.25, 0.3) is 0 Å². The highest BCUT2D eigenvalue weighted by Gasteiger charge is 1.99. The number of nitrogens with two attached hydrogens (primary N) is 1. The first-order valence-corrected chi connectivity index (χ1v) is 4.29. The van der Waals surface area contributed by atoms with Crippen molar-refractivity contribution in [1.29, 1.82) is 0 Å². The smallest absolute Gasteiger partial charge is 0.120 e. The summed E-state index contributed by atoms with van der Waals surface area (Å²) in [7, 11) is 0. The summed E-state index contributed by atoms with van der Waals surface area (Å²) in [5.74, 6) is 0.809. The first-order chi connectivity index (χ1) is 5.59. The molecule has 0 atom stereocenters. The fourth-order valence-corrected chi connectivity index (χ4v) is 1.07. The van der Waals surface area contributed by atoms with Crippen molar-refractivity contribution in [2.75, 3.05) is 5.73 Å². The van der Waals surface area contributed by atoms with Crippen molar-refractivity contribution in [3.8, 4) is 5.75 Å². The zero-order chi connectivity index (χ0) is 9.14. The van der Waals surface area contributed by atoms with Crippen LogP contribution in [-0.2, 0) is 0 Å². The summed E-state index contributed by atoms with van der Waals surface area (Å²) in [5.41, 5.74) is 6.26. The zero-order valence-corrected chi connectivity index (χ0v) is 8.14. The maximum atomic E-state index is 5.59. The lowest BCUT2D eigenvalue weighted by Gasteiger charge is -2.10. The summed E-state index contributed by atoms with van der Waals surface area (Å²) in [6.07, 6.45) is 0.182. The van der Waals surface area contributed by atoms with Gasteiger partial charge in [-0.1, -0.05) is 0 Å². The monoisotopic (exact) mass is 183 g/mol. The van der Waals surface area contributed by atoms with Gasteiger partial charge in [-0.2, -0.15) is 0 Å². The third kappa shape index (κ3) is 2.34. The van der Waals surface area contributed by atoms with Gasteiger partial charge >= 0.3 is 0 Å². The van der Waals surface area contributed by atoms with Crippen molar-refractivity contribution >= 4 is 18.3 Å². The molecule has 66 valence electrons. The molecule has 0 aliphatic heterocycles. The van der Waals surface area contributed by atoms with E-state index in [1.165, 1.54) is 0 Å². The molecule has 0 radical (unpaired) electrons. The maximum absolute atomic E-state index is 5.59. The van der Waals surface area contributed by atoms with E-state index in [-0.39, 0.29) is 6.10 Å². The first kappa shape index (κ1) is 9.26. The van der Waals surface area contributed by atoms with E-state index < -0.39 is 0 Å². The summed E-state index contributed by atoms with van der Waals surface area (Å²) >= 11 is 4.18. The fraction of sp³-hybridized carbons (Fsp3) is 0.333. The molecule has 2 nitrogen and oxygen atoms in total. The van der Waals surface area contributed by atoms with Crippen molar-refractivity contribution in [1.82, 2.24) is 0 Å². The molecule has 0 bridgehead atoms. The van der Waals surface area contributed by atoms with Crippen LogP contribution in [0, 0.1) is 0 Å². The Hall–Kier alpha value is -0.830. The molecule has 0 aliphatic carbocycles. The molecule has 0 saturated carbocycles. The van der Waals surface area contributed by atoms with Gasteiger partial charge in [-0.3, -0.25) is 0 Å². The van der Waals surface area contributed by atoms with E-state index >= 15 is 0 Å². The molecular weight excluding hydrogens is 170 g/mol. The minimum absolute atomic E-state index is 0.182. The SMILES string of the molecule is CC(C)Oc1ccc(N)c(S)c1. The standard InChI is InChI=1S/C9H13NOS/c1-6(2)11-7-3-4-8(10)9(12)5-7/h3-6,12H,10H2,1-2H3.